The van der Waals surface area contributed by atoms with Crippen molar-refractivity contribution in [3.63, 3.8) is 0 Å². The molecule has 3 N–H and O–H groups in total. The van der Waals surface area contributed by atoms with Crippen LogP contribution in [-0.4, -0.2) is 44.4 Å². The van der Waals surface area contributed by atoms with Gasteiger partial charge in [0.15, 0.2) is 5.60 Å². The minimum Gasteiger partial charge on any atom is -0.481 e. The number of rotatable bonds is 12. The van der Waals surface area contributed by atoms with Crippen LogP contribution in [-0.2, 0) is 16.0 Å². The molecule has 0 saturated carbocycles. The van der Waals surface area contributed by atoms with Crippen LogP contribution in [0.3, 0.4) is 0 Å². The molecule has 0 radical (unpaired) electrons. The summed E-state index contributed by atoms with van der Waals surface area (Å²) in [6.07, 6.45) is 4.49. The zero-order valence-corrected chi connectivity index (χ0v) is 15.8. The highest BCUT2D eigenvalue weighted by Crippen LogP contribution is 2.20. The average molecular weight is 368 g/mol. The molecule has 0 aliphatic rings. The summed E-state index contributed by atoms with van der Waals surface area (Å²) in [5.74, 6) is -2.16. The zero-order valence-electron chi connectivity index (χ0n) is 15.0. The van der Waals surface area contributed by atoms with Gasteiger partial charge >= 0.3 is 11.9 Å². The highest BCUT2D eigenvalue weighted by molar-refractivity contribution is 7.99. The highest BCUT2D eigenvalue weighted by atomic mass is 32.2. The molecule has 1 aromatic carbocycles. The quantitative estimate of drug-likeness (QED) is 0.489. The molecule has 0 unspecified atom stereocenters. The molecule has 0 aliphatic heterocycles. The molecule has 5 nitrogen and oxygen atoms in total. The number of hydrogen-bond donors (Lipinski definition) is 3. The lowest BCUT2D eigenvalue weighted by atomic mass is 10.00. The highest BCUT2D eigenvalue weighted by Gasteiger charge is 2.38. The van der Waals surface area contributed by atoms with Crippen LogP contribution < -0.4 is 0 Å². The minimum atomic E-state index is -2.18. The fraction of sp³-hybridized carbons (Fsp3) is 0.579. The fourth-order valence-corrected chi connectivity index (χ4v) is 3.79. The standard InChI is InChI=1S/C19H28O5S/c1-14-8-9-16(15(2)11-14)7-5-3-4-6-10-25-13-19(24,18(22)23)12-17(20)21/h8-9,11,24H,3-7,10,12-13H2,1-2H3,(H,20,21)(H,22,23)/t19-/m1/s1. The predicted octanol–water partition coefficient (Wildman–Crippen LogP) is 3.43. The van der Waals surface area contributed by atoms with Gasteiger partial charge in [0.1, 0.15) is 0 Å². The van der Waals surface area contributed by atoms with E-state index in [0.29, 0.717) is 0 Å². The van der Waals surface area contributed by atoms with Crippen molar-refractivity contribution in [3.05, 3.63) is 34.9 Å². The van der Waals surface area contributed by atoms with Crippen molar-refractivity contribution >= 4 is 23.7 Å². The van der Waals surface area contributed by atoms with E-state index in [4.69, 9.17) is 10.2 Å². The maximum absolute atomic E-state index is 11.0. The third-order valence-corrected chi connectivity index (χ3v) is 5.42. The summed E-state index contributed by atoms with van der Waals surface area (Å²) in [7, 11) is 0. The maximum atomic E-state index is 11.0. The zero-order chi connectivity index (χ0) is 18.9. The molecule has 0 fully saturated rings. The summed E-state index contributed by atoms with van der Waals surface area (Å²) in [5, 5.41) is 27.5. The molecular weight excluding hydrogens is 340 g/mol. The van der Waals surface area contributed by atoms with E-state index < -0.39 is 24.0 Å². The van der Waals surface area contributed by atoms with Gasteiger partial charge < -0.3 is 15.3 Å². The number of carboxylic acids is 2. The number of benzene rings is 1. The number of unbranched alkanes of at least 4 members (excludes halogenated alkanes) is 3. The number of aliphatic hydroxyl groups is 1. The third-order valence-electron chi connectivity index (χ3n) is 4.17. The lowest BCUT2D eigenvalue weighted by Crippen LogP contribution is -2.43. The van der Waals surface area contributed by atoms with Crippen LogP contribution in [0.1, 0.15) is 48.8 Å². The summed E-state index contributed by atoms with van der Waals surface area (Å²) in [4.78, 5) is 21.7. The van der Waals surface area contributed by atoms with Gasteiger partial charge in [0, 0.05) is 5.75 Å². The SMILES string of the molecule is Cc1ccc(CCCCCCSC[C@](O)(CC(=O)O)C(=O)O)c(C)c1. The van der Waals surface area contributed by atoms with Crippen LogP contribution in [0.25, 0.3) is 0 Å². The normalized spacial score (nSPS) is 13.4. The van der Waals surface area contributed by atoms with Crippen LogP contribution >= 0.6 is 11.8 Å². The smallest absolute Gasteiger partial charge is 0.337 e. The Morgan fingerprint density at radius 1 is 1.08 bits per heavy atom. The lowest BCUT2D eigenvalue weighted by molar-refractivity contribution is -0.162. The van der Waals surface area contributed by atoms with Crippen LogP contribution in [0, 0.1) is 13.8 Å². The third kappa shape index (κ3) is 7.92. The van der Waals surface area contributed by atoms with Crippen LogP contribution in [0.2, 0.25) is 0 Å². The second-order valence-electron chi connectivity index (χ2n) is 6.55. The molecule has 140 valence electrons. The van der Waals surface area contributed by atoms with Gasteiger partial charge in [-0.25, -0.2) is 4.79 Å². The number of carboxylic acid groups (broad SMARTS) is 2. The topological polar surface area (TPSA) is 94.8 Å². The van der Waals surface area contributed by atoms with Gasteiger partial charge in [0.05, 0.1) is 6.42 Å². The molecule has 0 spiro atoms. The van der Waals surface area contributed by atoms with Crippen molar-refractivity contribution in [1.82, 2.24) is 0 Å². The van der Waals surface area contributed by atoms with Gasteiger partial charge in [-0.15, -0.1) is 0 Å². The van der Waals surface area contributed by atoms with E-state index in [1.54, 1.807) is 0 Å². The molecule has 0 saturated heterocycles. The van der Waals surface area contributed by atoms with E-state index in [1.807, 2.05) is 0 Å². The Labute approximate surface area is 153 Å². The Morgan fingerprint density at radius 2 is 1.76 bits per heavy atom. The first-order valence-corrected chi connectivity index (χ1v) is 9.71. The first kappa shape index (κ1) is 21.5. The van der Waals surface area contributed by atoms with Crippen molar-refractivity contribution in [2.45, 2.75) is 58.0 Å². The molecule has 0 amide bonds. The van der Waals surface area contributed by atoms with Crippen LogP contribution in [0.15, 0.2) is 18.2 Å². The summed E-state index contributed by atoms with van der Waals surface area (Å²) >= 11 is 1.29. The molecule has 0 heterocycles. The molecule has 0 bridgehead atoms. The van der Waals surface area contributed by atoms with Gasteiger partial charge in [-0.05, 0) is 50.0 Å². The van der Waals surface area contributed by atoms with E-state index >= 15 is 0 Å². The van der Waals surface area contributed by atoms with Gasteiger partial charge in [0.25, 0.3) is 0 Å². The van der Waals surface area contributed by atoms with E-state index in [0.717, 1.165) is 37.9 Å². The molecule has 1 rings (SSSR count). The number of thioether (sulfide) groups is 1. The Balaban J connectivity index is 2.17. The number of hydrogen-bond acceptors (Lipinski definition) is 4. The Morgan fingerprint density at radius 3 is 2.36 bits per heavy atom. The van der Waals surface area contributed by atoms with Crippen molar-refractivity contribution in [3.8, 4) is 0 Å². The second-order valence-corrected chi connectivity index (χ2v) is 7.66. The summed E-state index contributed by atoms with van der Waals surface area (Å²) in [6.45, 7) is 4.23. The largest absolute Gasteiger partial charge is 0.481 e. The summed E-state index contributed by atoms with van der Waals surface area (Å²) in [5.41, 5.74) is 1.82. The first-order valence-electron chi connectivity index (χ1n) is 8.56. The predicted molar refractivity (Wildman–Crippen MR) is 100 cm³/mol. The van der Waals surface area contributed by atoms with E-state index in [2.05, 4.69) is 32.0 Å². The molecular formula is C19H28O5S. The van der Waals surface area contributed by atoms with Crippen molar-refractivity contribution in [2.75, 3.05) is 11.5 Å². The van der Waals surface area contributed by atoms with Gasteiger partial charge in [-0.2, -0.15) is 11.8 Å². The molecule has 1 atom stereocenters. The minimum absolute atomic E-state index is 0.100. The Kier molecular flexibility index (Phi) is 9.00. The van der Waals surface area contributed by atoms with E-state index in [1.165, 1.54) is 28.5 Å². The van der Waals surface area contributed by atoms with Gasteiger partial charge in [0.2, 0.25) is 0 Å². The van der Waals surface area contributed by atoms with Gasteiger partial charge in [-0.3, -0.25) is 4.79 Å². The number of carbonyl (C=O) groups is 2. The average Bonchev–Trinajstić information content (AvgIpc) is 2.50. The monoisotopic (exact) mass is 368 g/mol. The van der Waals surface area contributed by atoms with Crippen molar-refractivity contribution < 1.29 is 24.9 Å². The molecule has 6 heteroatoms. The first-order chi connectivity index (χ1) is 11.7. The van der Waals surface area contributed by atoms with E-state index in [-0.39, 0.29) is 5.75 Å². The molecule has 1 aromatic rings. The Bertz CT molecular complexity index is 587. The summed E-state index contributed by atoms with van der Waals surface area (Å²) < 4.78 is 0. The van der Waals surface area contributed by atoms with Crippen LogP contribution in [0.4, 0.5) is 0 Å². The summed E-state index contributed by atoms with van der Waals surface area (Å²) in [6, 6.07) is 6.53. The number of aryl methyl sites for hydroxylation is 3. The molecule has 0 aliphatic carbocycles. The second kappa shape index (κ2) is 10.5. The van der Waals surface area contributed by atoms with E-state index in [9.17, 15) is 14.7 Å². The molecule has 25 heavy (non-hydrogen) atoms. The fourth-order valence-electron chi connectivity index (χ4n) is 2.68. The van der Waals surface area contributed by atoms with Gasteiger partial charge in [-0.1, -0.05) is 36.6 Å². The van der Waals surface area contributed by atoms with Crippen molar-refractivity contribution in [1.29, 1.82) is 0 Å². The molecule has 0 aromatic heterocycles. The van der Waals surface area contributed by atoms with Crippen LogP contribution in [0.5, 0.6) is 0 Å². The lowest BCUT2D eigenvalue weighted by Gasteiger charge is -2.20. The maximum Gasteiger partial charge on any atom is 0.337 e. The van der Waals surface area contributed by atoms with Crippen molar-refractivity contribution in [2.24, 2.45) is 0 Å². The Hall–Kier alpha value is -1.53. The number of aliphatic carboxylic acids is 2.